The van der Waals surface area contributed by atoms with Crippen LogP contribution in [0.2, 0.25) is 0 Å². The van der Waals surface area contributed by atoms with Crippen LogP contribution in [0.5, 0.6) is 0 Å². The fourth-order valence-electron chi connectivity index (χ4n) is 9.29. The predicted octanol–water partition coefficient (Wildman–Crippen LogP) is 7.68. The Morgan fingerprint density at radius 2 is 1.85 bits per heavy atom. The fraction of sp³-hybridized carbons (Fsp3) is 0.912. The van der Waals surface area contributed by atoms with Crippen molar-refractivity contribution in [3.63, 3.8) is 0 Å². The lowest BCUT2D eigenvalue weighted by molar-refractivity contribution is -0.0531. The highest BCUT2D eigenvalue weighted by Gasteiger charge is 2.57. The van der Waals surface area contributed by atoms with Gasteiger partial charge < -0.3 is 20.1 Å². The standard InChI is InChI=1S/C34H62N2O3/c1-9-28-30-14-13-29(25(4)12-10-11-24(2)3)34(30,7)18-16-31(28)33(6)17-15-27(23-26(33)5)39-32(38)35-19-20-36(8)21-22-37/h24-25,27-31,37H,5,9-23H2,1-4,6-8H3,(H,35,38)/t25-,27+,28+,29-,30+,31+,33+,34-/m1/s1. The van der Waals surface area contributed by atoms with Gasteiger partial charge in [0.15, 0.2) is 0 Å². The van der Waals surface area contributed by atoms with Crippen LogP contribution < -0.4 is 5.32 Å². The number of aliphatic hydroxyl groups is 1. The number of carbonyl (C=O) groups is 1. The molecule has 3 aliphatic carbocycles. The molecule has 0 radical (unpaired) electrons. The summed E-state index contributed by atoms with van der Waals surface area (Å²) in [4.78, 5) is 14.4. The summed E-state index contributed by atoms with van der Waals surface area (Å²) in [5.41, 5.74) is 1.94. The van der Waals surface area contributed by atoms with Crippen LogP contribution in [0.1, 0.15) is 112 Å². The topological polar surface area (TPSA) is 61.8 Å². The Kier molecular flexibility index (Phi) is 11.8. The number of nitrogens with zero attached hydrogens (tertiary/aromatic N) is 1. The molecule has 0 spiro atoms. The molecule has 3 fully saturated rings. The highest BCUT2D eigenvalue weighted by atomic mass is 16.6. The van der Waals surface area contributed by atoms with Crippen molar-refractivity contribution in [3.05, 3.63) is 12.2 Å². The number of alkyl carbamates (subject to hydrolysis) is 1. The van der Waals surface area contributed by atoms with Gasteiger partial charge in [-0.2, -0.15) is 0 Å². The quantitative estimate of drug-likeness (QED) is 0.233. The lowest BCUT2D eigenvalue weighted by Crippen LogP contribution is -2.49. The molecule has 0 aromatic heterocycles. The van der Waals surface area contributed by atoms with Crippen LogP contribution in [-0.2, 0) is 4.74 Å². The van der Waals surface area contributed by atoms with Crippen molar-refractivity contribution in [1.29, 1.82) is 0 Å². The normalized spacial score (nSPS) is 35.7. The van der Waals surface area contributed by atoms with Gasteiger partial charge in [-0.15, -0.1) is 0 Å². The van der Waals surface area contributed by atoms with Crippen LogP contribution in [-0.4, -0.2) is 55.5 Å². The number of rotatable bonds is 13. The summed E-state index contributed by atoms with van der Waals surface area (Å²) in [6.07, 6.45) is 13.3. The molecular weight excluding hydrogens is 484 g/mol. The second-order valence-electron chi connectivity index (χ2n) is 14.6. The lowest BCUT2D eigenvalue weighted by Gasteiger charge is -2.56. The van der Waals surface area contributed by atoms with E-state index in [0.29, 0.717) is 31.0 Å². The van der Waals surface area contributed by atoms with Gasteiger partial charge in [-0.25, -0.2) is 4.79 Å². The van der Waals surface area contributed by atoms with Crippen LogP contribution in [0.4, 0.5) is 4.79 Å². The summed E-state index contributed by atoms with van der Waals surface area (Å²) < 4.78 is 5.83. The molecule has 0 heterocycles. The Hall–Kier alpha value is -1.07. The molecule has 3 rings (SSSR count). The number of fused-ring (bicyclic) bond motifs is 1. The Balaban J connectivity index is 1.57. The third-order valence-electron chi connectivity index (χ3n) is 11.7. The number of aliphatic hydroxyl groups excluding tert-OH is 1. The molecule has 1 amide bonds. The smallest absolute Gasteiger partial charge is 0.407 e. The molecule has 0 bridgehead atoms. The van der Waals surface area contributed by atoms with Crippen molar-refractivity contribution in [2.24, 2.45) is 46.3 Å². The lowest BCUT2D eigenvalue weighted by atomic mass is 9.49. The van der Waals surface area contributed by atoms with Gasteiger partial charge in [0, 0.05) is 26.1 Å². The summed E-state index contributed by atoms with van der Waals surface area (Å²) in [5.74, 6) is 4.85. The molecule has 226 valence electrons. The first-order chi connectivity index (χ1) is 18.5. The third-order valence-corrected chi connectivity index (χ3v) is 11.7. The monoisotopic (exact) mass is 546 g/mol. The van der Waals surface area contributed by atoms with E-state index in [1.807, 2.05) is 11.9 Å². The van der Waals surface area contributed by atoms with Crippen molar-refractivity contribution in [3.8, 4) is 0 Å². The molecule has 0 aromatic carbocycles. The maximum Gasteiger partial charge on any atom is 0.407 e. The molecule has 0 aromatic rings. The SMILES string of the molecule is C=C1C[C@@H](OC(=O)NCCN(C)CCO)CC[C@]1(C)[C@H]1CC[C@]2(C)[C@@H]([C@H](C)CCCC(C)C)CC[C@H]2[C@@H]1CC. The number of amides is 1. The van der Waals surface area contributed by atoms with E-state index in [0.717, 1.165) is 48.9 Å². The van der Waals surface area contributed by atoms with Crippen molar-refractivity contribution in [1.82, 2.24) is 10.2 Å². The van der Waals surface area contributed by atoms with Gasteiger partial charge in [0.05, 0.1) is 6.61 Å². The van der Waals surface area contributed by atoms with E-state index in [1.165, 1.54) is 56.9 Å². The summed E-state index contributed by atoms with van der Waals surface area (Å²) in [7, 11) is 1.94. The molecule has 3 saturated carbocycles. The molecule has 3 aliphatic rings. The van der Waals surface area contributed by atoms with Crippen LogP contribution in [0.3, 0.4) is 0 Å². The number of ether oxygens (including phenoxy) is 1. The summed E-state index contributed by atoms with van der Waals surface area (Å²) in [5, 5.41) is 11.9. The number of likely N-dealkylation sites (N-methyl/N-ethyl adjacent to an activating group) is 1. The fourth-order valence-corrected chi connectivity index (χ4v) is 9.29. The van der Waals surface area contributed by atoms with Gasteiger partial charge in [-0.05, 0) is 91.9 Å². The van der Waals surface area contributed by atoms with E-state index in [2.05, 4.69) is 53.4 Å². The van der Waals surface area contributed by atoms with Crippen LogP contribution in [0.15, 0.2) is 12.2 Å². The van der Waals surface area contributed by atoms with Crippen LogP contribution in [0.25, 0.3) is 0 Å². The first-order valence-corrected chi connectivity index (χ1v) is 16.4. The average Bonchev–Trinajstić information content (AvgIpc) is 3.22. The van der Waals surface area contributed by atoms with Gasteiger partial charge in [0.25, 0.3) is 0 Å². The molecule has 0 aliphatic heterocycles. The Morgan fingerprint density at radius 3 is 2.49 bits per heavy atom. The zero-order valence-electron chi connectivity index (χ0n) is 26.6. The highest BCUT2D eigenvalue weighted by molar-refractivity contribution is 5.67. The number of carbonyl (C=O) groups excluding carboxylic acids is 1. The Bertz CT molecular complexity index is 799. The maximum atomic E-state index is 12.4. The average molecular weight is 547 g/mol. The number of hydrogen-bond donors (Lipinski definition) is 2. The number of nitrogens with one attached hydrogen (secondary N) is 1. The molecule has 0 unspecified atom stereocenters. The molecule has 5 nitrogen and oxygen atoms in total. The van der Waals surface area contributed by atoms with E-state index in [4.69, 9.17) is 9.84 Å². The van der Waals surface area contributed by atoms with Crippen molar-refractivity contribution < 1.29 is 14.6 Å². The molecule has 2 N–H and O–H groups in total. The minimum Gasteiger partial charge on any atom is -0.446 e. The second-order valence-corrected chi connectivity index (χ2v) is 14.6. The molecule has 5 heteroatoms. The molecule has 8 atom stereocenters. The first kappa shape index (κ1) is 32.4. The van der Waals surface area contributed by atoms with Gasteiger partial charge >= 0.3 is 6.09 Å². The Labute approximate surface area is 240 Å². The van der Waals surface area contributed by atoms with Crippen LogP contribution in [0, 0.1) is 46.3 Å². The second kappa shape index (κ2) is 14.2. The largest absolute Gasteiger partial charge is 0.446 e. The van der Waals surface area contributed by atoms with E-state index in [1.54, 1.807) is 0 Å². The van der Waals surface area contributed by atoms with E-state index < -0.39 is 0 Å². The minimum atomic E-state index is -0.326. The summed E-state index contributed by atoms with van der Waals surface area (Å²) in [6, 6.07) is 0. The van der Waals surface area contributed by atoms with E-state index in [9.17, 15) is 4.79 Å². The van der Waals surface area contributed by atoms with Crippen molar-refractivity contribution in [2.45, 2.75) is 118 Å². The minimum absolute atomic E-state index is 0.0720. The molecule has 39 heavy (non-hydrogen) atoms. The Morgan fingerprint density at radius 1 is 1.10 bits per heavy atom. The van der Waals surface area contributed by atoms with Gasteiger partial charge in [-0.1, -0.05) is 79.4 Å². The van der Waals surface area contributed by atoms with Gasteiger partial charge in [0.1, 0.15) is 6.10 Å². The third kappa shape index (κ3) is 7.61. The van der Waals surface area contributed by atoms with Gasteiger partial charge in [0.2, 0.25) is 0 Å². The predicted molar refractivity (Wildman–Crippen MR) is 163 cm³/mol. The van der Waals surface area contributed by atoms with Crippen molar-refractivity contribution in [2.75, 3.05) is 33.3 Å². The van der Waals surface area contributed by atoms with E-state index >= 15 is 0 Å². The van der Waals surface area contributed by atoms with Gasteiger partial charge in [-0.3, -0.25) is 0 Å². The molecule has 0 saturated heterocycles. The zero-order valence-corrected chi connectivity index (χ0v) is 26.6. The van der Waals surface area contributed by atoms with E-state index in [-0.39, 0.29) is 24.2 Å². The van der Waals surface area contributed by atoms with Crippen molar-refractivity contribution >= 4 is 6.09 Å². The van der Waals surface area contributed by atoms with Crippen LogP contribution >= 0.6 is 0 Å². The maximum absolute atomic E-state index is 12.4. The zero-order chi connectivity index (χ0) is 28.8. The summed E-state index contributed by atoms with van der Waals surface area (Å²) >= 11 is 0. The molecular formula is C34H62N2O3. The first-order valence-electron chi connectivity index (χ1n) is 16.4. The summed E-state index contributed by atoms with van der Waals surface area (Å²) in [6.45, 7) is 21.4. The number of hydrogen-bond acceptors (Lipinski definition) is 4. The highest BCUT2D eigenvalue weighted by Crippen LogP contribution is 2.65.